The van der Waals surface area contributed by atoms with Crippen LogP contribution in [0.4, 0.5) is 5.69 Å². The number of benzene rings is 1. The van der Waals surface area contributed by atoms with Gasteiger partial charge in [0.15, 0.2) is 0 Å². The minimum Gasteiger partial charge on any atom is -0.494 e. The van der Waals surface area contributed by atoms with Crippen LogP contribution in [0.2, 0.25) is 0 Å². The van der Waals surface area contributed by atoms with Crippen molar-refractivity contribution < 1.29 is 14.3 Å². The van der Waals surface area contributed by atoms with Crippen LogP contribution in [0.5, 0.6) is 5.75 Å². The molecule has 0 spiro atoms. The fourth-order valence-corrected chi connectivity index (χ4v) is 3.61. The number of nitrogens with zero attached hydrogens (tertiary/aromatic N) is 1. The summed E-state index contributed by atoms with van der Waals surface area (Å²) in [7, 11) is 1.59. The Morgan fingerprint density at radius 2 is 1.85 bits per heavy atom. The molecule has 1 N–H and O–H groups in total. The number of methoxy groups -OCH3 is 1. The Bertz CT molecular complexity index is 567. The fraction of sp³-hybridized carbons (Fsp3) is 0.682. The first kappa shape index (κ1) is 21.7. The maximum atomic E-state index is 12.6. The molecule has 1 aromatic carbocycles. The number of amides is 1. The molecule has 0 aromatic heterocycles. The van der Waals surface area contributed by atoms with E-state index in [0.717, 1.165) is 31.0 Å². The molecule has 5 heteroatoms. The lowest BCUT2D eigenvalue weighted by Crippen LogP contribution is -2.43. The summed E-state index contributed by atoms with van der Waals surface area (Å²) in [6, 6.07) is 7.57. The standard InChI is InChI=1S/C22H36N2O3/c1-18(2)17-22(3,26-4)21(25)23-19-9-11-20(12-10-19)27-16-8-15-24-13-6-5-7-14-24/h9-12,18H,5-8,13-17H2,1-4H3,(H,23,25). The smallest absolute Gasteiger partial charge is 0.256 e. The van der Waals surface area contributed by atoms with Gasteiger partial charge in [0.1, 0.15) is 11.4 Å². The highest BCUT2D eigenvalue weighted by atomic mass is 16.5. The zero-order valence-electron chi connectivity index (χ0n) is 17.4. The molecule has 1 aromatic rings. The normalized spacial score (nSPS) is 17.5. The van der Waals surface area contributed by atoms with Crippen LogP contribution in [0, 0.1) is 5.92 Å². The second-order valence-corrected chi connectivity index (χ2v) is 8.12. The van der Waals surface area contributed by atoms with E-state index in [9.17, 15) is 4.79 Å². The molecule has 1 aliphatic rings. The van der Waals surface area contributed by atoms with Crippen molar-refractivity contribution in [2.24, 2.45) is 5.92 Å². The Labute approximate surface area is 164 Å². The molecule has 5 nitrogen and oxygen atoms in total. The van der Waals surface area contributed by atoms with Gasteiger partial charge in [0.25, 0.3) is 5.91 Å². The molecule has 0 radical (unpaired) electrons. The second-order valence-electron chi connectivity index (χ2n) is 8.12. The monoisotopic (exact) mass is 376 g/mol. The SMILES string of the molecule is COC(C)(CC(C)C)C(=O)Nc1ccc(OCCCN2CCCCC2)cc1. The minimum atomic E-state index is -0.822. The van der Waals surface area contributed by atoms with Crippen molar-refractivity contribution >= 4 is 11.6 Å². The summed E-state index contributed by atoms with van der Waals surface area (Å²) in [6.07, 6.45) is 5.74. The Hall–Kier alpha value is -1.59. The predicted molar refractivity (Wildman–Crippen MR) is 110 cm³/mol. The van der Waals surface area contributed by atoms with Crippen molar-refractivity contribution in [1.82, 2.24) is 4.90 Å². The van der Waals surface area contributed by atoms with Crippen LogP contribution in [-0.2, 0) is 9.53 Å². The number of carbonyl (C=O) groups is 1. The first-order chi connectivity index (χ1) is 12.9. The molecule has 152 valence electrons. The third kappa shape index (κ3) is 7.15. The summed E-state index contributed by atoms with van der Waals surface area (Å²) >= 11 is 0. The van der Waals surface area contributed by atoms with E-state index >= 15 is 0 Å². The molecular weight excluding hydrogens is 340 g/mol. The van der Waals surface area contributed by atoms with Gasteiger partial charge in [0, 0.05) is 19.3 Å². The van der Waals surface area contributed by atoms with Crippen molar-refractivity contribution in [3.8, 4) is 5.75 Å². The number of ether oxygens (including phenoxy) is 2. The quantitative estimate of drug-likeness (QED) is 0.618. The molecular formula is C22H36N2O3. The molecule has 0 bridgehead atoms. The number of rotatable bonds is 10. The second kappa shape index (κ2) is 10.7. The Morgan fingerprint density at radius 3 is 2.44 bits per heavy atom. The van der Waals surface area contributed by atoms with Crippen molar-refractivity contribution in [1.29, 1.82) is 0 Å². The Balaban J connectivity index is 1.76. The molecule has 1 atom stereocenters. The first-order valence-electron chi connectivity index (χ1n) is 10.2. The van der Waals surface area contributed by atoms with Gasteiger partial charge < -0.3 is 19.7 Å². The van der Waals surface area contributed by atoms with E-state index in [1.54, 1.807) is 7.11 Å². The molecule has 1 fully saturated rings. The minimum absolute atomic E-state index is 0.117. The summed E-state index contributed by atoms with van der Waals surface area (Å²) in [5.41, 5.74) is -0.0645. The van der Waals surface area contributed by atoms with Gasteiger partial charge in [-0.05, 0) is 75.9 Å². The number of hydrogen-bond donors (Lipinski definition) is 1. The summed E-state index contributed by atoms with van der Waals surface area (Å²) < 4.78 is 11.3. The first-order valence-corrected chi connectivity index (χ1v) is 10.2. The van der Waals surface area contributed by atoms with Gasteiger partial charge in [-0.15, -0.1) is 0 Å². The van der Waals surface area contributed by atoms with Crippen LogP contribution in [0.1, 0.15) is 52.9 Å². The van der Waals surface area contributed by atoms with Crippen molar-refractivity contribution in [3.63, 3.8) is 0 Å². The van der Waals surface area contributed by atoms with E-state index in [0.29, 0.717) is 12.3 Å². The topological polar surface area (TPSA) is 50.8 Å². The van der Waals surface area contributed by atoms with E-state index in [2.05, 4.69) is 24.1 Å². The van der Waals surface area contributed by atoms with Gasteiger partial charge in [-0.1, -0.05) is 20.3 Å². The van der Waals surface area contributed by atoms with Gasteiger partial charge in [0.05, 0.1) is 6.61 Å². The maximum absolute atomic E-state index is 12.6. The van der Waals surface area contributed by atoms with Crippen LogP contribution in [0.25, 0.3) is 0 Å². The number of piperidine rings is 1. The average Bonchev–Trinajstić information content (AvgIpc) is 2.66. The third-order valence-electron chi connectivity index (χ3n) is 5.18. The highest BCUT2D eigenvalue weighted by Gasteiger charge is 2.33. The average molecular weight is 377 g/mol. The molecule has 0 saturated carbocycles. The van der Waals surface area contributed by atoms with Crippen molar-refractivity contribution in [3.05, 3.63) is 24.3 Å². The molecule has 1 heterocycles. The fourth-order valence-electron chi connectivity index (χ4n) is 3.61. The zero-order chi connectivity index (χ0) is 19.7. The van der Waals surface area contributed by atoms with Gasteiger partial charge >= 0.3 is 0 Å². The van der Waals surface area contributed by atoms with E-state index in [1.807, 2.05) is 31.2 Å². The van der Waals surface area contributed by atoms with Gasteiger partial charge in [-0.3, -0.25) is 4.79 Å². The molecule has 1 amide bonds. The Morgan fingerprint density at radius 1 is 1.19 bits per heavy atom. The molecule has 1 saturated heterocycles. The van der Waals surface area contributed by atoms with Gasteiger partial charge in [-0.2, -0.15) is 0 Å². The summed E-state index contributed by atoms with van der Waals surface area (Å²) in [6.45, 7) is 10.3. The number of hydrogen-bond acceptors (Lipinski definition) is 4. The summed E-state index contributed by atoms with van der Waals surface area (Å²) in [4.78, 5) is 15.1. The molecule has 2 rings (SSSR count). The van der Waals surface area contributed by atoms with Crippen LogP contribution >= 0.6 is 0 Å². The summed E-state index contributed by atoms with van der Waals surface area (Å²) in [5.74, 6) is 1.10. The highest BCUT2D eigenvalue weighted by molar-refractivity contribution is 5.97. The van der Waals surface area contributed by atoms with Crippen LogP contribution < -0.4 is 10.1 Å². The van der Waals surface area contributed by atoms with E-state index in [4.69, 9.17) is 9.47 Å². The van der Waals surface area contributed by atoms with E-state index in [-0.39, 0.29) is 5.91 Å². The summed E-state index contributed by atoms with van der Waals surface area (Å²) in [5, 5.41) is 2.95. The number of nitrogens with one attached hydrogen (secondary N) is 1. The van der Waals surface area contributed by atoms with Gasteiger partial charge in [0.2, 0.25) is 0 Å². The van der Waals surface area contributed by atoms with Gasteiger partial charge in [-0.25, -0.2) is 0 Å². The van der Waals surface area contributed by atoms with Crippen LogP contribution in [-0.4, -0.2) is 49.8 Å². The third-order valence-corrected chi connectivity index (χ3v) is 5.18. The number of likely N-dealkylation sites (tertiary alicyclic amines) is 1. The molecule has 27 heavy (non-hydrogen) atoms. The lowest BCUT2D eigenvalue weighted by Gasteiger charge is -2.28. The Kier molecular flexibility index (Phi) is 8.58. The molecule has 1 unspecified atom stereocenters. The van der Waals surface area contributed by atoms with Crippen LogP contribution in [0.3, 0.4) is 0 Å². The lowest BCUT2D eigenvalue weighted by atomic mass is 9.93. The van der Waals surface area contributed by atoms with Crippen molar-refractivity contribution in [2.75, 3.05) is 38.7 Å². The lowest BCUT2D eigenvalue weighted by molar-refractivity contribution is -0.137. The zero-order valence-corrected chi connectivity index (χ0v) is 17.4. The van der Waals surface area contributed by atoms with Crippen molar-refractivity contribution in [2.45, 2.75) is 58.5 Å². The van der Waals surface area contributed by atoms with E-state index < -0.39 is 5.60 Å². The number of anilines is 1. The largest absolute Gasteiger partial charge is 0.494 e. The van der Waals surface area contributed by atoms with Crippen LogP contribution in [0.15, 0.2) is 24.3 Å². The van der Waals surface area contributed by atoms with E-state index in [1.165, 1.54) is 32.4 Å². The predicted octanol–water partition coefficient (Wildman–Crippen LogP) is 4.33. The molecule has 1 aliphatic heterocycles. The highest BCUT2D eigenvalue weighted by Crippen LogP contribution is 2.23. The molecule has 0 aliphatic carbocycles. The number of carbonyl (C=O) groups excluding carboxylic acids is 1. The maximum Gasteiger partial charge on any atom is 0.256 e.